The fraction of sp³-hybridized carbons (Fsp3) is 0.850. The zero-order valence-electron chi connectivity index (χ0n) is 14.6. The summed E-state index contributed by atoms with van der Waals surface area (Å²) in [5.74, 6) is -0.154. The van der Waals surface area contributed by atoms with Gasteiger partial charge in [-0.05, 0) is 68.1 Å². The Labute approximate surface area is 139 Å². The first-order valence-corrected chi connectivity index (χ1v) is 9.28. The van der Waals surface area contributed by atoms with Gasteiger partial charge < -0.3 is 10.2 Å². The molecule has 128 valence electrons. The van der Waals surface area contributed by atoms with E-state index in [1.54, 1.807) is 0 Å². The van der Waals surface area contributed by atoms with Crippen LogP contribution >= 0.6 is 0 Å². The Morgan fingerprint density at radius 3 is 2.52 bits per heavy atom. The van der Waals surface area contributed by atoms with Crippen molar-refractivity contribution in [2.45, 2.75) is 71.8 Å². The van der Waals surface area contributed by atoms with Crippen LogP contribution in [0.5, 0.6) is 0 Å². The smallest absolute Gasteiger partial charge is 0.309 e. The third kappa shape index (κ3) is 1.78. The zero-order valence-corrected chi connectivity index (χ0v) is 14.6. The van der Waals surface area contributed by atoms with Crippen LogP contribution in [0, 0.1) is 33.5 Å². The molecule has 0 aromatic heterocycles. The number of carboxylic acid groups (broad SMARTS) is 1. The molecule has 0 aromatic rings. The monoisotopic (exact) mass is 318 g/mol. The summed E-state index contributed by atoms with van der Waals surface area (Å²) in [6.07, 6.45) is 11.2. The van der Waals surface area contributed by atoms with Gasteiger partial charge in [-0.15, -0.1) is 0 Å². The van der Waals surface area contributed by atoms with Crippen LogP contribution in [0.3, 0.4) is 0 Å². The van der Waals surface area contributed by atoms with Crippen LogP contribution in [0.2, 0.25) is 0 Å². The Bertz CT molecular complexity index is 583. The largest absolute Gasteiger partial charge is 0.481 e. The van der Waals surface area contributed by atoms with E-state index >= 15 is 0 Å². The zero-order chi connectivity index (χ0) is 16.7. The van der Waals surface area contributed by atoms with Crippen LogP contribution in [0.25, 0.3) is 0 Å². The van der Waals surface area contributed by atoms with Crippen molar-refractivity contribution < 1.29 is 15.0 Å². The molecule has 0 unspecified atom stereocenters. The Kier molecular flexibility index (Phi) is 3.01. The molecule has 4 aliphatic carbocycles. The predicted octanol–water partition coefficient (Wildman–Crippen LogP) is 4.01. The number of aliphatic hydroxyl groups excluding tert-OH is 1. The highest BCUT2D eigenvalue weighted by Gasteiger charge is 2.67. The molecule has 2 N–H and O–H groups in total. The molecule has 0 saturated heterocycles. The lowest BCUT2D eigenvalue weighted by Crippen LogP contribution is -2.63. The van der Waals surface area contributed by atoms with Gasteiger partial charge in [0.2, 0.25) is 0 Å². The molecule has 3 saturated carbocycles. The second kappa shape index (κ2) is 4.41. The average molecular weight is 318 g/mol. The lowest BCUT2D eigenvalue weighted by Gasteiger charge is -2.65. The molecule has 0 heterocycles. The highest BCUT2D eigenvalue weighted by Crippen LogP contribution is 2.71. The summed E-state index contributed by atoms with van der Waals surface area (Å²) < 4.78 is 0. The van der Waals surface area contributed by atoms with Gasteiger partial charge in [-0.2, -0.15) is 0 Å². The van der Waals surface area contributed by atoms with E-state index in [1.807, 2.05) is 6.92 Å². The molecule has 0 radical (unpaired) electrons. The summed E-state index contributed by atoms with van der Waals surface area (Å²) in [7, 11) is 0. The van der Waals surface area contributed by atoms with E-state index in [-0.39, 0.29) is 28.3 Å². The van der Waals surface area contributed by atoms with Crippen LogP contribution < -0.4 is 0 Å². The first-order chi connectivity index (χ1) is 10.7. The molecule has 3 heteroatoms. The molecule has 0 aromatic carbocycles. The Hall–Kier alpha value is -0.830. The van der Waals surface area contributed by atoms with Gasteiger partial charge >= 0.3 is 5.97 Å². The van der Waals surface area contributed by atoms with Crippen molar-refractivity contribution in [3.63, 3.8) is 0 Å². The van der Waals surface area contributed by atoms with Gasteiger partial charge in [-0.25, -0.2) is 0 Å². The van der Waals surface area contributed by atoms with Crippen LogP contribution in [-0.4, -0.2) is 22.3 Å². The van der Waals surface area contributed by atoms with Crippen molar-refractivity contribution in [1.82, 2.24) is 0 Å². The number of carboxylic acids is 1. The van der Waals surface area contributed by atoms with Crippen LogP contribution in [0.1, 0.15) is 65.7 Å². The number of allylic oxidation sites excluding steroid dienone is 1. The van der Waals surface area contributed by atoms with E-state index in [9.17, 15) is 15.0 Å². The van der Waals surface area contributed by atoms with E-state index < -0.39 is 11.4 Å². The first kappa shape index (κ1) is 15.7. The molecule has 0 amide bonds. The Morgan fingerprint density at radius 2 is 1.83 bits per heavy atom. The lowest BCUT2D eigenvalue weighted by atomic mass is 9.39. The minimum atomic E-state index is -0.682. The van der Waals surface area contributed by atoms with Gasteiger partial charge in [0.15, 0.2) is 0 Å². The lowest BCUT2D eigenvalue weighted by molar-refractivity contribution is -0.203. The molecule has 0 aliphatic heterocycles. The highest BCUT2D eigenvalue weighted by atomic mass is 16.4. The maximum atomic E-state index is 12.1. The van der Waals surface area contributed by atoms with Gasteiger partial charge in [0, 0.05) is 5.41 Å². The Morgan fingerprint density at radius 1 is 1.09 bits per heavy atom. The average Bonchev–Trinajstić information content (AvgIpc) is 2.74. The number of hydrogen-bond donors (Lipinski definition) is 2. The van der Waals surface area contributed by atoms with Gasteiger partial charge in [0.1, 0.15) is 0 Å². The fourth-order valence-electron chi connectivity index (χ4n) is 7.29. The van der Waals surface area contributed by atoms with E-state index in [4.69, 9.17) is 0 Å². The molecule has 23 heavy (non-hydrogen) atoms. The fourth-order valence-corrected chi connectivity index (χ4v) is 7.29. The second-order valence-electron chi connectivity index (χ2n) is 9.75. The van der Waals surface area contributed by atoms with Crippen molar-refractivity contribution >= 4 is 5.97 Å². The molecule has 2 bridgehead atoms. The molecule has 4 aliphatic rings. The van der Waals surface area contributed by atoms with Crippen molar-refractivity contribution in [2.24, 2.45) is 33.5 Å². The molecular formula is C20H30O3. The van der Waals surface area contributed by atoms with E-state index in [2.05, 4.69) is 26.0 Å². The number of aliphatic hydroxyl groups is 1. The Balaban J connectivity index is 1.80. The van der Waals surface area contributed by atoms with Gasteiger partial charge in [-0.1, -0.05) is 32.4 Å². The van der Waals surface area contributed by atoms with E-state index in [0.29, 0.717) is 12.3 Å². The summed E-state index contributed by atoms with van der Waals surface area (Å²) >= 11 is 0. The SMILES string of the molecule is C[C@@]12C=C[C@]3(C1)[C@@H](O)C[C@H]1[C@@](C)(CCC[C@@]1(C)C(=O)O)[C@@H]3CC2. The van der Waals surface area contributed by atoms with Crippen molar-refractivity contribution in [2.75, 3.05) is 0 Å². The molecule has 7 atom stereocenters. The van der Waals surface area contributed by atoms with Crippen LogP contribution in [0.15, 0.2) is 12.2 Å². The normalized spacial score (nSPS) is 57.7. The third-order valence-electron chi connectivity index (χ3n) is 8.50. The quantitative estimate of drug-likeness (QED) is 0.718. The second-order valence-corrected chi connectivity index (χ2v) is 9.75. The number of aliphatic carboxylic acids is 1. The summed E-state index contributed by atoms with van der Waals surface area (Å²) in [5.41, 5.74) is -0.500. The summed E-state index contributed by atoms with van der Waals surface area (Å²) in [6.45, 7) is 6.59. The van der Waals surface area contributed by atoms with Gasteiger partial charge in [0.05, 0.1) is 11.5 Å². The van der Waals surface area contributed by atoms with Crippen LogP contribution in [-0.2, 0) is 4.79 Å². The minimum Gasteiger partial charge on any atom is -0.481 e. The third-order valence-corrected chi connectivity index (χ3v) is 8.50. The predicted molar refractivity (Wildman–Crippen MR) is 88.8 cm³/mol. The molecule has 3 fully saturated rings. The maximum Gasteiger partial charge on any atom is 0.309 e. The van der Waals surface area contributed by atoms with Crippen molar-refractivity contribution in [3.8, 4) is 0 Å². The standard InChI is InChI=1S/C20H30O3/c1-17-8-5-13-18(2)6-4-7-19(3,16(22)23)14(18)11-15(21)20(13,12-17)10-9-17/h9-10,13-15,21H,4-8,11-12H2,1-3H3,(H,22,23)/t13-,14-,15-,17+,18-,19+,20+/m0/s1. The van der Waals surface area contributed by atoms with Gasteiger partial charge in [-0.3, -0.25) is 4.79 Å². The number of carbonyl (C=O) groups is 1. The highest BCUT2D eigenvalue weighted by molar-refractivity contribution is 5.75. The van der Waals surface area contributed by atoms with Crippen molar-refractivity contribution in [3.05, 3.63) is 12.2 Å². The topological polar surface area (TPSA) is 57.5 Å². The maximum absolute atomic E-state index is 12.1. The summed E-state index contributed by atoms with van der Waals surface area (Å²) in [4.78, 5) is 12.1. The van der Waals surface area contributed by atoms with E-state index in [0.717, 1.165) is 32.1 Å². The molecule has 1 spiro atoms. The van der Waals surface area contributed by atoms with Gasteiger partial charge in [0.25, 0.3) is 0 Å². The first-order valence-electron chi connectivity index (χ1n) is 9.28. The molecule has 3 nitrogen and oxygen atoms in total. The number of fused-ring (bicyclic) bond motifs is 3. The molecule has 4 rings (SSSR count). The molecular weight excluding hydrogens is 288 g/mol. The number of hydrogen-bond acceptors (Lipinski definition) is 2. The van der Waals surface area contributed by atoms with Crippen molar-refractivity contribution in [1.29, 1.82) is 0 Å². The summed E-state index contributed by atoms with van der Waals surface area (Å²) in [6, 6.07) is 0. The van der Waals surface area contributed by atoms with E-state index in [1.165, 1.54) is 6.42 Å². The van der Waals surface area contributed by atoms with Crippen LogP contribution in [0.4, 0.5) is 0 Å². The minimum absolute atomic E-state index is 0.0423. The number of rotatable bonds is 1. The summed E-state index contributed by atoms with van der Waals surface area (Å²) in [5, 5.41) is 21.0.